The average Bonchev–Trinajstić information content (AvgIpc) is 2.54. The number of unbranched alkanes of at least 4 members (excludes halogenated alkanes) is 12. The van der Waals surface area contributed by atoms with E-state index in [1.807, 2.05) is 0 Å². The number of aliphatic hydroxyl groups excluding tert-OH is 1. The minimum absolute atomic E-state index is 0.363. The van der Waals surface area contributed by atoms with Crippen LogP contribution in [-0.2, 0) is 0 Å². The standard InChI is InChI=1S/C21H40O/c1-2-3-4-5-6-7-8-9-10-11-12-13-14-15-16-17-18-19-20-21-22/h6-7,9-10,22H,2-5,8,11-21H2,1H3/b7-6-,10-9-. The van der Waals surface area contributed by atoms with Gasteiger partial charge < -0.3 is 5.11 Å². The molecule has 0 fully saturated rings. The molecule has 130 valence electrons. The van der Waals surface area contributed by atoms with Crippen LogP contribution in [-0.4, -0.2) is 11.7 Å². The lowest BCUT2D eigenvalue weighted by Gasteiger charge is -2.01. The highest BCUT2D eigenvalue weighted by atomic mass is 16.2. The smallest absolute Gasteiger partial charge is 0.0431 e. The van der Waals surface area contributed by atoms with Gasteiger partial charge in [0.15, 0.2) is 0 Å². The first kappa shape index (κ1) is 21.4. The van der Waals surface area contributed by atoms with Crippen LogP contribution in [0.3, 0.4) is 0 Å². The largest absolute Gasteiger partial charge is 0.396 e. The van der Waals surface area contributed by atoms with Gasteiger partial charge in [-0.2, -0.15) is 0 Å². The molecule has 0 aromatic heterocycles. The summed E-state index contributed by atoms with van der Waals surface area (Å²) < 4.78 is 0. The second-order valence-electron chi connectivity index (χ2n) is 6.37. The molecule has 0 unspecified atom stereocenters. The van der Waals surface area contributed by atoms with Crippen molar-refractivity contribution in [1.82, 2.24) is 0 Å². The summed E-state index contributed by atoms with van der Waals surface area (Å²) in [5.41, 5.74) is 0. The summed E-state index contributed by atoms with van der Waals surface area (Å²) in [7, 11) is 0. The Labute approximate surface area is 139 Å². The Morgan fingerprint density at radius 1 is 0.545 bits per heavy atom. The molecular weight excluding hydrogens is 268 g/mol. The topological polar surface area (TPSA) is 20.2 Å². The van der Waals surface area contributed by atoms with Gasteiger partial charge in [0.05, 0.1) is 0 Å². The average molecular weight is 309 g/mol. The van der Waals surface area contributed by atoms with Crippen molar-refractivity contribution in [3.63, 3.8) is 0 Å². The number of allylic oxidation sites excluding steroid dienone is 4. The lowest BCUT2D eigenvalue weighted by molar-refractivity contribution is 0.282. The van der Waals surface area contributed by atoms with Gasteiger partial charge in [0.2, 0.25) is 0 Å². The van der Waals surface area contributed by atoms with Crippen LogP contribution < -0.4 is 0 Å². The maximum absolute atomic E-state index is 8.69. The quantitative estimate of drug-likeness (QED) is 0.227. The maximum Gasteiger partial charge on any atom is 0.0431 e. The van der Waals surface area contributed by atoms with E-state index in [1.54, 1.807) is 0 Å². The molecule has 22 heavy (non-hydrogen) atoms. The minimum atomic E-state index is 0.363. The fraction of sp³-hybridized carbons (Fsp3) is 0.810. The molecular formula is C21H40O. The normalized spacial score (nSPS) is 11.9. The highest BCUT2D eigenvalue weighted by molar-refractivity contribution is 4.92. The summed E-state index contributed by atoms with van der Waals surface area (Å²) in [4.78, 5) is 0. The van der Waals surface area contributed by atoms with E-state index in [0.29, 0.717) is 6.61 Å². The van der Waals surface area contributed by atoms with E-state index >= 15 is 0 Å². The lowest BCUT2D eigenvalue weighted by Crippen LogP contribution is -1.84. The molecule has 0 aliphatic heterocycles. The molecule has 0 heterocycles. The van der Waals surface area contributed by atoms with Gasteiger partial charge in [-0.15, -0.1) is 0 Å². The fourth-order valence-corrected chi connectivity index (χ4v) is 2.63. The van der Waals surface area contributed by atoms with E-state index in [0.717, 1.165) is 12.8 Å². The highest BCUT2D eigenvalue weighted by Crippen LogP contribution is 2.10. The van der Waals surface area contributed by atoms with Crippen molar-refractivity contribution in [2.75, 3.05) is 6.61 Å². The molecule has 0 amide bonds. The van der Waals surface area contributed by atoms with E-state index in [-0.39, 0.29) is 0 Å². The third-order valence-electron chi connectivity index (χ3n) is 4.11. The monoisotopic (exact) mass is 308 g/mol. The fourth-order valence-electron chi connectivity index (χ4n) is 2.63. The molecule has 0 saturated heterocycles. The zero-order valence-electron chi connectivity index (χ0n) is 15.1. The summed E-state index contributed by atoms with van der Waals surface area (Å²) in [6.07, 6.45) is 28.7. The zero-order valence-corrected chi connectivity index (χ0v) is 15.1. The molecule has 1 N–H and O–H groups in total. The van der Waals surface area contributed by atoms with Gasteiger partial charge in [0, 0.05) is 6.61 Å². The number of hydrogen-bond acceptors (Lipinski definition) is 1. The van der Waals surface area contributed by atoms with Crippen LogP contribution in [0, 0.1) is 0 Å². The first-order valence-corrected chi connectivity index (χ1v) is 9.82. The minimum Gasteiger partial charge on any atom is -0.396 e. The Morgan fingerprint density at radius 2 is 1.00 bits per heavy atom. The predicted molar refractivity (Wildman–Crippen MR) is 100 cm³/mol. The SMILES string of the molecule is CCCCC/C=C\C/C=C\CCCCCCCCCCCO. The van der Waals surface area contributed by atoms with E-state index < -0.39 is 0 Å². The molecule has 0 radical (unpaired) electrons. The highest BCUT2D eigenvalue weighted by Gasteiger charge is 1.91. The predicted octanol–water partition coefficient (Wildman–Crippen LogP) is 6.96. The molecule has 0 aliphatic rings. The second kappa shape index (κ2) is 20.4. The van der Waals surface area contributed by atoms with Gasteiger partial charge in [-0.3, -0.25) is 0 Å². The Kier molecular flexibility index (Phi) is 19.9. The van der Waals surface area contributed by atoms with Crippen molar-refractivity contribution in [3.05, 3.63) is 24.3 Å². The van der Waals surface area contributed by atoms with Gasteiger partial charge in [-0.05, 0) is 38.5 Å². The molecule has 0 rings (SSSR count). The molecule has 0 aromatic carbocycles. The molecule has 0 spiro atoms. The molecule has 0 aliphatic carbocycles. The molecule has 0 bridgehead atoms. The van der Waals surface area contributed by atoms with Crippen LogP contribution in [0.25, 0.3) is 0 Å². The van der Waals surface area contributed by atoms with Crippen molar-refractivity contribution >= 4 is 0 Å². The first-order chi connectivity index (χ1) is 10.9. The Balaban J connectivity index is 3.11. The molecule has 1 nitrogen and oxygen atoms in total. The summed E-state index contributed by atoms with van der Waals surface area (Å²) in [5, 5.41) is 8.69. The third kappa shape index (κ3) is 19.4. The number of aliphatic hydroxyl groups is 1. The lowest BCUT2D eigenvalue weighted by atomic mass is 10.1. The Hall–Kier alpha value is -0.560. The second-order valence-corrected chi connectivity index (χ2v) is 6.37. The summed E-state index contributed by atoms with van der Waals surface area (Å²) in [6.45, 7) is 2.62. The van der Waals surface area contributed by atoms with Crippen molar-refractivity contribution in [2.24, 2.45) is 0 Å². The van der Waals surface area contributed by atoms with Gasteiger partial charge in [0.25, 0.3) is 0 Å². The van der Waals surface area contributed by atoms with Crippen LogP contribution in [0.1, 0.15) is 103 Å². The van der Waals surface area contributed by atoms with Crippen molar-refractivity contribution < 1.29 is 5.11 Å². The Bertz CT molecular complexity index is 242. The summed E-state index contributed by atoms with van der Waals surface area (Å²) in [5.74, 6) is 0. The van der Waals surface area contributed by atoms with Crippen LogP contribution in [0.2, 0.25) is 0 Å². The third-order valence-corrected chi connectivity index (χ3v) is 4.11. The first-order valence-electron chi connectivity index (χ1n) is 9.82. The van der Waals surface area contributed by atoms with E-state index in [1.165, 1.54) is 83.5 Å². The van der Waals surface area contributed by atoms with E-state index in [2.05, 4.69) is 31.2 Å². The van der Waals surface area contributed by atoms with Gasteiger partial charge in [-0.25, -0.2) is 0 Å². The maximum atomic E-state index is 8.69. The van der Waals surface area contributed by atoms with Gasteiger partial charge >= 0.3 is 0 Å². The number of rotatable bonds is 17. The van der Waals surface area contributed by atoms with Gasteiger partial charge in [0.1, 0.15) is 0 Å². The van der Waals surface area contributed by atoms with Gasteiger partial charge in [-0.1, -0.05) is 89.0 Å². The molecule has 1 heteroatoms. The van der Waals surface area contributed by atoms with Crippen LogP contribution >= 0.6 is 0 Å². The molecule has 0 saturated carbocycles. The summed E-state index contributed by atoms with van der Waals surface area (Å²) in [6, 6.07) is 0. The molecule has 0 aromatic rings. The summed E-state index contributed by atoms with van der Waals surface area (Å²) >= 11 is 0. The van der Waals surface area contributed by atoms with E-state index in [9.17, 15) is 0 Å². The van der Waals surface area contributed by atoms with Crippen LogP contribution in [0.5, 0.6) is 0 Å². The van der Waals surface area contributed by atoms with E-state index in [4.69, 9.17) is 5.11 Å². The zero-order chi connectivity index (χ0) is 16.1. The Morgan fingerprint density at radius 3 is 1.50 bits per heavy atom. The van der Waals surface area contributed by atoms with Crippen LogP contribution in [0.15, 0.2) is 24.3 Å². The molecule has 0 atom stereocenters. The van der Waals surface area contributed by atoms with Crippen molar-refractivity contribution in [3.8, 4) is 0 Å². The van der Waals surface area contributed by atoms with Crippen molar-refractivity contribution in [2.45, 2.75) is 103 Å². The van der Waals surface area contributed by atoms with Crippen molar-refractivity contribution in [1.29, 1.82) is 0 Å². The van der Waals surface area contributed by atoms with Crippen LogP contribution in [0.4, 0.5) is 0 Å². The number of hydrogen-bond donors (Lipinski definition) is 1.